The molecule has 0 aromatic carbocycles. The van der Waals surface area contributed by atoms with E-state index in [1.165, 1.54) is 0 Å². The Labute approximate surface area is 212 Å². The Morgan fingerprint density at radius 2 is 1.92 bits per heavy atom. The van der Waals surface area contributed by atoms with Crippen molar-refractivity contribution >= 4 is 17.4 Å². The minimum atomic E-state index is -0.277. The van der Waals surface area contributed by atoms with E-state index < -0.39 is 0 Å². The van der Waals surface area contributed by atoms with Crippen LogP contribution in [0.4, 0.5) is 11.5 Å². The van der Waals surface area contributed by atoms with Crippen LogP contribution in [0.2, 0.25) is 0 Å². The predicted molar refractivity (Wildman–Crippen MR) is 136 cm³/mol. The van der Waals surface area contributed by atoms with Crippen molar-refractivity contribution in [3.05, 3.63) is 29.7 Å². The van der Waals surface area contributed by atoms with E-state index >= 15 is 0 Å². The zero-order chi connectivity index (χ0) is 24.9. The fourth-order valence-corrected chi connectivity index (χ4v) is 5.91. The second-order valence-electron chi connectivity index (χ2n) is 10.4. The summed E-state index contributed by atoms with van der Waals surface area (Å²) in [4.78, 5) is 25.7. The first kappa shape index (κ1) is 24.7. The SMILES string of the molecule is [C-]#[N+]CC1CCN(C2NC3CNNC(=O)C3C(Nc3ccc(N4CCC(CC#N)CC4)nc3)N2)CC1. The van der Waals surface area contributed by atoms with Crippen molar-refractivity contribution in [2.45, 2.75) is 50.6 Å². The molecule has 1 aromatic heterocycles. The quantitative estimate of drug-likeness (QED) is 0.365. The van der Waals surface area contributed by atoms with E-state index in [9.17, 15) is 4.79 Å². The molecule has 4 fully saturated rings. The average Bonchev–Trinajstić information content (AvgIpc) is 2.90. The lowest BCUT2D eigenvalue weighted by Gasteiger charge is -2.49. The van der Waals surface area contributed by atoms with Crippen LogP contribution in [0, 0.1) is 35.7 Å². The number of nitriles is 1. The maximum absolute atomic E-state index is 12.8. The summed E-state index contributed by atoms with van der Waals surface area (Å²) < 4.78 is 0. The van der Waals surface area contributed by atoms with Gasteiger partial charge in [-0.1, -0.05) is 0 Å². The van der Waals surface area contributed by atoms with Crippen LogP contribution in [-0.2, 0) is 4.79 Å². The van der Waals surface area contributed by atoms with Crippen LogP contribution >= 0.6 is 0 Å². The van der Waals surface area contributed by atoms with Crippen molar-refractivity contribution in [2.24, 2.45) is 17.8 Å². The van der Waals surface area contributed by atoms with Crippen molar-refractivity contribution in [2.75, 3.05) is 49.5 Å². The Hall–Kier alpha value is -2.96. The zero-order valence-electron chi connectivity index (χ0n) is 20.6. The molecular formula is C25H36N10O. The van der Waals surface area contributed by atoms with Gasteiger partial charge in [0.2, 0.25) is 12.5 Å². The zero-order valence-corrected chi connectivity index (χ0v) is 20.6. The number of hydrogen-bond acceptors (Lipinski definition) is 9. The van der Waals surface area contributed by atoms with Gasteiger partial charge in [-0.3, -0.25) is 25.8 Å². The van der Waals surface area contributed by atoms with E-state index in [1.54, 1.807) is 0 Å². The van der Waals surface area contributed by atoms with Gasteiger partial charge in [-0.05, 0) is 43.7 Å². The standard InChI is InChI=1S/C25H36N10O/c1-27-14-18-7-12-35(13-8-18)25-31-20-16-29-33-24(36)22(20)23(32-25)30-19-2-3-21(28-15-19)34-10-5-17(4-9-26)6-11-34/h2-3,15,17-18,20,22-23,25,29-32H,4-8,10-14,16H2,(H,33,36). The highest BCUT2D eigenvalue weighted by Crippen LogP contribution is 2.27. The van der Waals surface area contributed by atoms with Gasteiger partial charge >= 0.3 is 0 Å². The Balaban J connectivity index is 1.23. The van der Waals surface area contributed by atoms with E-state index in [2.05, 4.69) is 47.5 Å². The van der Waals surface area contributed by atoms with Crippen LogP contribution in [-0.4, -0.2) is 73.6 Å². The third-order valence-corrected chi connectivity index (χ3v) is 8.09. The first-order chi connectivity index (χ1) is 17.6. The minimum Gasteiger partial charge on any atom is -0.368 e. The number of amides is 1. The van der Waals surface area contributed by atoms with Crippen molar-refractivity contribution in [3.8, 4) is 6.07 Å². The molecule has 36 heavy (non-hydrogen) atoms. The van der Waals surface area contributed by atoms with Crippen LogP contribution in [0.3, 0.4) is 0 Å². The molecule has 0 aliphatic carbocycles. The summed E-state index contributed by atoms with van der Waals surface area (Å²) in [6, 6.07) is 6.35. The lowest BCUT2D eigenvalue weighted by Crippen LogP contribution is -2.77. The number of nitrogens with one attached hydrogen (secondary N) is 5. The first-order valence-corrected chi connectivity index (χ1v) is 13.1. The van der Waals surface area contributed by atoms with Gasteiger partial charge in [0, 0.05) is 51.1 Å². The maximum Gasteiger partial charge on any atom is 0.242 e. The van der Waals surface area contributed by atoms with E-state index in [4.69, 9.17) is 16.8 Å². The van der Waals surface area contributed by atoms with Gasteiger partial charge in [-0.15, -0.1) is 0 Å². The van der Waals surface area contributed by atoms with Gasteiger partial charge in [0.25, 0.3) is 0 Å². The van der Waals surface area contributed by atoms with Gasteiger partial charge in [-0.25, -0.2) is 17.0 Å². The molecule has 192 valence electrons. The van der Waals surface area contributed by atoms with Crippen molar-refractivity contribution in [1.82, 2.24) is 31.4 Å². The lowest BCUT2D eigenvalue weighted by molar-refractivity contribution is -0.132. The summed E-state index contributed by atoms with van der Waals surface area (Å²) in [6.45, 7) is 12.1. The Morgan fingerprint density at radius 1 is 1.14 bits per heavy atom. The lowest BCUT2D eigenvalue weighted by atomic mass is 9.90. The monoisotopic (exact) mass is 492 g/mol. The molecule has 4 atom stereocenters. The van der Waals surface area contributed by atoms with Crippen LogP contribution in [0.15, 0.2) is 18.3 Å². The largest absolute Gasteiger partial charge is 0.368 e. The number of carbonyl (C=O) groups is 1. The number of hydrogen-bond donors (Lipinski definition) is 5. The number of anilines is 2. The number of nitrogens with zero attached hydrogens (tertiary/aromatic N) is 5. The topological polar surface area (TPSA) is 125 Å². The Bertz CT molecular complexity index is 972. The van der Waals surface area contributed by atoms with Gasteiger partial charge in [-0.2, -0.15) is 5.26 Å². The highest BCUT2D eigenvalue weighted by Gasteiger charge is 2.45. The summed E-state index contributed by atoms with van der Waals surface area (Å²) in [5.74, 6) is 1.61. The number of piperidine rings is 2. The molecule has 0 spiro atoms. The number of rotatable bonds is 6. The predicted octanol–water partition coefficient (Wildman–Crippen LogP) is 0.677. The Morgan fingerprint density at radius 3 is 2.61 bits per heavy atom. The number of likely N-dealkylation sites (tertiary alicyclic amines) is 1. The summed E-state index contributed by atoms with van der Waals surface area (Å²) in [7, 11) is 0. The summed E-state index contributed by atoms with van der Waals surface area (Å²) >= 11 is 0. The average molecular weight is 493 g/mol. The van der Waals surface area contributed by atoms with Crippen molar-refractivity contribution in [1.29, 1.82) is 5.26 Å². The molecule has 0 radical (unpaired) electrons. The van der Waals surface area contributed by atoms with Crippen LogP contribution in [0.25, 0.3) is 4.85 Å². The smallest absolute Gasteiger partial charge is 0.242 e. The fraction of sp³-hybridized carbons (Fsp3) is 0.680. The van der Waals surface area contributed by atoms with Gasteiger partial charge in [0.15, 0.2) is 0 Å². The van der Waals surface area contributed by atoms with Gasteiger partial charge in [0.05, 0.1) is 30.0 Å². The number of carbonyl (C=O) groups excluding carboxylic acids is 1. The molecule has 11 nitrogen and oxygen atoms in total. The van der Waals surface area contributed by atoms with E-state index in [1.807, 2.05) is 18.3 Å². The van der Waals surface area contributed by atoms with Crippen LogP contribution in [0.5, 0.6) is 0 Å². The summed E-state index contributed by atoms with van der Waals surface area (Å²) in [6.07, 6.45) is 6.27. The second-order valence-corrected chi connectivity index (χ2v) is 10.4. The molecule has 4 aliphatic heterocycles. The van der Waals surface area contributed by atoms with Crippen LogP contribution in [0.1, 0.15) is 32.1 Å². The molecule has 11 heteroatoms. The molecule has 1 aromatic rings. The second kappa shape index (κ2) is 11.4. The van der Waals surface area contributed by atoms with Gasteiger partial charge < -0.3 is 15.1 Å². The molecule has 5 N–H and O–H groups in total. The molecule has 5 rings (SSSR count). The molecule has 4 aliphatic rings. The van der Waals surface area contributed by atoms with Crippen molar-refractivity contribution in [3.63, 3.8) is 0 Å². The third kappa shape index (κ3) is 5.55. The van der Waals surface area contributed by atoms with Crippen molar-refractivity contribution < 1.29 is 4.79 Å². The minimum absolute atomic E-state index is 0.00889. The number of aromatic nitrogens is 1. The molecule has 4 unspecified atom stereocenters. The molecule has 5 heterocycles. The molecule has 0 bridgehead atoms. The highest BCUT2D eigenvalue weighted by atomic mass is 16.2. The Kier molecular flexibility index (Phi) is 7.83. The van der Waals surface area contributed by atoms with E-state index in [-0.39, 0.29) is 30.3 Å². The molecular weight excluding hydrogens is 456 g/mol. The van der Waals surface area contributed by atoms with E-state index in [0.717, 1.165) is 63.4 Å². The van der Waals surface area contributed by atoms with Crippen LogP contribution < -0.4 is 31.7 Å². The van der Waals surface area contributed by atoms with Gasteiger partial charge in [0.1, 0.15) is 12.1 Å². The van der Waals surface area contributed by atoms with E-state index in [0.29, 0.717) is 31.3 Å². The summed E-state index contributed by atoms with van der Waals surface area (Å²) in [5.41, 5.74) is 6.67. The fourth-order valence-electron chi connectivity index (χ4n) is 5.91. The maximum atomic E-state index is 12.8. The highest BCUT2D eigenvalue weighted by molar-refractivity contribution is 5.81. The first-order valence-electron chi connectivity index (χ1n) is 13.1. The third-order valence-electron chi connectivity index (χ3n) is 8.09. The normalized spacial score (nSPS) is 30.1. The molecule has 4 saturated heterocycles. The number of pyridine rings is 1. The number of fused-ring (bicyclic) bond motifs is 1. The number of hydrazine groups is 1. The summed E-state index contributed by atoms with van der Waals surface area (Å²) in [5, 5.41) is 19.7. The molecule has 0 saturated carbocycles. The molecule has 1 amide bonds.